The number of carboxylic acid groups (broad SMARTS) is 1. The summed E-state index contributed by atoms with van der Waals surface area (Å²) in [5.41, 5.74) is 6.57. The molecule has 8 heteroatoms. The highest BCUT2D eigenvalue weighted by molar-refractivity contribution is 5.91. The Labute approximate surface area is 131 Å². The molecule has 0 amide bonds. The van der Waals surface area contributed by atoms with E-state index in [9.17, 15) is 14.7 Å². The molecular weight excluding hydrogens is 300 g/mol. The third-order valence-electron chi connectivity index (χ3n) is 4.20. The van der Waals surface area contributed by atoms with Gasteiger partial charge in [-0.3, -0.25) is 4.79 Å². The molecule has 0 aromatic carbocycles. The minimum atomic E-state index is -1.44. The molecule has 0 atom stereocenters. The Morgan fingerprint density at radius 2 is 2.17 bits per heavy atom. The second-order valence-corrected chi connectivity index (χ2v) is 5.58. The van der Waals surface area contributed by atoms with Crippen LogP contribution in [-0.4, -0.2) is 37.3 Å². The number of nitrogens with two attached hydrogens (primary N) is 1. The number of aryl methyl sites for hydroxylation is 1. The van der Waals surface area contributed by atoms with Crippen molar-refractivity contribution in [3.63, 3.8) is 0 Å². The maximum atomic E-state index is 12.0. The van der Waals surface area contributed by atoms with Gasteiger partial charge in [0.25, 0.3) is 5.56 Å². The molecule has 0 bridgehead atoms. The molecule has 0 aliphatic heterocycles. The zero-order valence-electron chi connectivity index (χ0n) is 12.7. The molecule has 8 nitrogen and oxygen atoms in total. The number of rotatable bonds is 3. The number of aromatic hydroxyl groups is 1. The molecule has 0 saturated heterocycles. The highest BCUT2D eigenvalue weighted by atomic mass is 16.4. The number of carboxylic acids is 1. The van der Waals surface area contributed by atoms with E-state index in [2.05, 4.69) is 9.97 Å². The average Bonchev–Trinajstić information content (AvgIpc) is 2.67. The summed E-state index contributed by atoms with van der Waals surface area (Å²) >= 11 is 0. The first-order chi connectivity index (χ1) is 11.0. The van der Waals surface area contributed by atoms with Gasteiger partial charge < -0.3 is 25.5 Å². The molecule has 5 N–H and O–H groups in total. The molecule has 3 rings (SSSR count). The van der Waals surface area contributed by atoms with E-state index in [0.29, 0.717) is 49.3 Å². The maximum Gasteiger partial charge on any atom is 0.345 e. The summed E-state index contributed by atoms with van der Waals surface area (Å²) < 4.78 is 2.00. The van der Waals surface area contributed by atoms with Gasteiger partial charge in [0.1, 0.15) is 17.3 Å². The number of aromatic carboxylic acids is 1. The van der Waals surface area contributed by atoms with Crippen molar-refractivity contribution in [2.45, 2.75) is 32.7 Å². The number of pyridine rings is 1. The molecule has 23 heavy (non-hydrogen) atoms. The molecule has 1 aliphatic carbocycles. The van der Waals surface area contributed by atoms with Gasteiger partial charge in [0.15, 0.2) is 5.56 Å². The molecule has 1 aliphatic rings. The Balaban J connectivity index is 2.30. The van der Waals surface area contributed by atoms with Crippen LogP contribution in [0.15, 0.2) is 4.79 Å². The van der Waals surface area contributed by atoms with Crippen LogP contribution in [0, 0.1) is 6.92 Å². The number of nitrogens with zero attached hydrogens (tertiary/aromatic N) is 2. The number of hydrogen-bond donors (Lipinski definition) is 4. The number of imidazole rings is 1. The smallest absolute Gasteiger partial charge is 0.345 e. The Morgan fingerprint density at radius 3 is 2.83 bits per heavy atom. The van der Waals surface area contributed by atoms with Crippen LogP contribution in [0.1, 0.15) is 33.9 Å². The van der Waals surface area contributed by atoms with E-state index in [1.165, 1.54) is 0 Å². The van der Waals surface area contributed by atoms with Crippen LogP contribution < -0.4 is 11.3 Å². The molecule has 0 fully saturated rings. The fraction of sp³-hybridized carbons (Fsp3) is 0.400. The van der Waals surface area contributed by atoms with Crippen molar-refractivity contribution in [1.29, 1.82) is 0 Å². The van der Waals surface area contributed by atoms with Gasteiger partial charge in [0.05, 0.1) is 5.69 Å². The monoisotopic (exact) mass is 318 g/mol. The standard InChI is InChI=1S/C15H18N4O4/c1-7-17-12-9(19(7)6-5-16)4-2-3-8-11(12)18-14(21)10(13(8)20)15(22)23/h2-6,16H2,1H3,(H,22,23)(H2,18,20,21). The fourth-order valence-electron chi connectivity index (χ4n) is 3.19. The van der Waals surface area contributed by atoms with Gasteiger partial charge in [-0.1, -0.05) is 0 Å². The lowest BCUT2D eigenvalue weighted by Gasteiger charge is -2.09. The lowest BCUT2D eigenvalue weighted by Crippen LogP contribution is -2.20. The first-order valence-corrected chi connectivity index (χ1v) is 7.43. The van der Waals surface area contributed by atoms with Gasteiger partial charge in [-0.2, -0.15) is 0 Å². The van der Waals surface area contributed by atoms with Gasteiger partial charge in [0.2, 0.25) is 0 Å². The number of aromatic amines is 1. The van der Waals surface area contributed by atoms with Crippen LogP contribution in [0.4, 0.5) is 0 Å². The quantitative estimate of drug-likeness (QED) is 0.647. The Morgan fingerprint density at radius 1 is 1.43 bits per heavy atom. The molecule has 2 aromatic rings. The SMILES string of the molecule is Cc1nc2c(n1CCN)CCCc1c-2[nH]c(=O)c(C(=O)O)c1O. The lowest BCUT2D eigenvalue weighted by molar-refractivity contribution is 0.0691. The van der Waals surface area contributed by atoms with E-state index >= 15 is 0 Å². The average molecular weight is 318 g/mol. The zero-order valence-corrected chi connectivity index (χ0v) is 12.7. The van der Waals surface area contributed by atoms with Gasteiger partial charge >= 0.3 is 5.97 Å². The van der Waals surface area contributed by atoms with Crippen LogP contribution in [-0.2, 0) is 19.4 Å². The zero-order chi connectivity index (χ0) is 16.7. The highest BCUT2D eigenvalue weighted by Gasteiger charge is 2.28. The van der Waals surface area contributed by atoms with Crippen molar-refractivity contribution in [3.05, 3.63) is 33.0 Å². The molecule has 0 unspecified atom stereocenters. The molecule has 0 spiro atoms. The van der Waals surface area contributed by atoms with E-state index in [0.717, 1.165) is 11.5 Å². The van der Waals surface area contributed by atoms with E-state index in [4.69, 9.17) is 10.8 Å². The lowest BCUT2D eigenvalue weighted by atomic mass is 10.0. The number of fused-ring (bicyclic) bond motifs is 3. The van der Waals surface area contributed by atoms with Crippen LogP contribution in [0.2, 0.25) is 0 Å². The maximum absolute atomic E-state index is 12.0. The fourth-order valence-corrected chi connectivity index (χ4v) is 3.19. The van der Waals surface area contributed by atoms with Gasteiger partial charge in [0, 0.05) is 24.3 Å². The van der Waals surface area contributed by atoms with Crippen LogP contribution >= 0.6 is 0 Å². The number of nitrogens with one attached hydrogen (secondary N) is 1. The predicted octanol–water partition coefficient (Wildman–Crippen LogP) is 0.398. The van der Waals surface area contributed by atoms with Crippen LogP contribution in [0.3, 0.4) is 0 Å². The Hall–Kier alpha value is -2.61. The molecule has 0 saturated carbocycles. The topological polar surface area (TPSA) is 134 Å². The van der Waals surface area contributed by atoms with Crippen molar-refractivity contribution < 1.29 is 15.0 Å². The molecular formula is C15H18N4O4. The first-order valence-electron chi connectivity index (χ1n) is 7.43. The largest absolute Gasteiger partial charge is 0.506 e. The number of H-pyrrole nitrogens is 1. The molecule has 0 radical (unpaired) electrons. The number of carbonyl (C=O) groups is 1. The third kappa shape index (κ3) is 2.31. The second kappa shape index (κ2) is 5.54. The van der Waals surface area contributed by atoms with Crippen molar-refractivity contribution in [1.82, 2.24) is 14.5 Å². The number of aromatic nitrogens is 3. The van der Waals surface area contributed by atoms with Crippen LogP contribution in [0.25, 0.3) is 11.4 Å². The minimum absolute atomic E-state index is 0.406. The van der Waals surface area contributed by atoms with E-state index < -0.39 is 22.8 Å². The van der Waals surface area contributed by atoms with Crippen molar-refractivity contribution in [2.24, 2.45) is 5.73 Å². The second-order valence-electron chi connectivity index (χ2n) is 5.58. The van der Waals surface area contributed by atoms with Gasteiger partial charge in [-0.05, 0) is 26.2 Å². The molecule has 2 aromatic heterocycles. The van der Waals surface area contributed by atoms with Crippen LogP contribution in [0.5, 0.6) is 5.75 Å². The first kappa shape index (κ1) is 15.3. The predicted molar refractivity (Wildman–Crippen MR) is 82.7 cm³/mol. The summed E-state index contributed by atoms with van der Waals surface area (Å²) in [4.78, 5) is 30.3. The van der Waals surface area contributed by atoms with E-state index in [1.54, 1.807) is 0 Å². The number of hydrogen-bond acceptors (Lipinski definition) is 5. The van der Waals surface area contributed by atoms with Crippen molar-refractivity contribution >= 4 is 5.97 Å². The normalized spacial score (nSPS) is 13.3. The van der Waals surface area contributed by atoms with E-state index in [1.807, 2.05) is 11.5 Å². The third-order valence-corrected chi connectivity index (χ3v) is 4.20. The minimum Gasteiger partial charge on any atom is -0.506 e. The summed E-state index contributed by atoms with van der Waals surface area (Å²) in [6.45, 7) is 2.94. The highest BCUT2D eigenvalue weighted by Crippen LogP contribution is 2.35. The summed E-state index contributed by atoms with van der Waals surface area (Å²) in [5.74, 6) is -1.13. The van der Waals surface area contributed by atoms with Crippen molar-refractivity contribution in [2.75, 3.05) is 6.54 Å². The van der Waals surface area contributed by atoms with E-state index in [-0.39, 0.29) is 0 Å². The Bertz CT molecular complexity index is 850. The Kier molecular flexibility index (Phi) is 3.69. The summed E-state index contributed by atoms with van der Waals surface area (Å²) in [5, 5.41) is 19.4. The molecule has 122 valence electrons. The van der Waals surface area contributed by atoms with Gasteiger partial charge in [-0.25, -0.2) is 9.78 Å². The van der Waals surface area contributed by atoms with Gasteiger partial charge in [-0.15, -0.1) is 0 Å². The van der Waals surface area contributed by atoms with Crippen molar-refractivity contribution in [3.8, 4) is 17.1 Å². The summed E-state index contributed by atoms with van der Waals surface area (Å²) in [7, 11) is 0. The molecule has 2 heterocycles. The summed E-state index contributed by atoms with van der Waals surface area (Å²) in [6.07, 6.45) is 1.90. The summed E-state index contributed by atoms with van der Waals surface area (Å²) in [6, 6.07) is 0.